The third-order valence-corrected chi connectivity index (χ3v) is 3.58. The lowest BCUT2D eigenvalue weighted by Crippen LogP contribution is -2.34. The lowest BCUT2D eigenvalue weighted by atomic mass is 9.95. The maximum Gasteiger partial charge on any atom is 0.251 e. The van der Waals surface area contributed by atoms with E-state index in [1.165, 1.54) is 6.07 Å². The van der Waals surface area contributed by atoms with Crippen LogP contribution < -0.4 is 10.9 Å². The van der Waals surface area contributed by atoms with E-state index in [1.54, 1.807) is 7.11 Å². The van der Waals surface area contributed by atoms with Gasteiger partial charge in [0.1, 0.15) is 11.4 Å². The van der Waals surface area contributed by atoms with Crippen molar-refractivity contribution in [3.8, 4) is 0 Å². The van der Waals surface area contributed by atoms with Crippen LogP contribution in [0.4, 0.5) is 0 Å². The maximum absolute atomic E-state index is 11.9. The van der Waals surface area contributed by atoms with Gasteiger partial charge >= 0.3 is 0 Å². The van der Waals surface area contributed by atoms with E-state index in [4.69, 9.17) is 9.47 Å². The number of rotatable bonds is 10. The summed E-state index contributed by atoms with van der Waals surface area (Å²) in [7, 11) is 1.66. The Hall–Kier alpha value is -1.24. The minimum Gasteiger partial charge on any atom is -0.383 e. The van der Waals surface area contributed by atoms with Crippen molar-refractivity contribution in [2.24, 2.45) is 0 Å². The number of hydrogen-bond donors (Lipinski definition) is 2. The molecule has 120 valence electrons. The second kappa shape index (κ2) is 8.92. The predicted molar refractivity (Wildman–Crippen MR) is 82.3 cm³/mol. The molecule has 0 unspecified atom stereocenters. The van der Waals surface area contributed by atoms with E-state index in [0.717, 1.165) is 25.1 Å². The summed E-state index contributed by atoms with van der Waals surface area (Å²) in [4.78, 5) is 19.3. The number of hydrogen-bond acceptors (Lipinski definition) is 5. The third-order valence-electron chi connectivity index (χ3n) is 3.58. The monoisotopic (exact) mass is 297 g/mol. The number of methoxy groups -OCH3 is 1. The zero-order valence-electron chi connectivity index (χ0n) is 13.5. The molecule has 1 aromatic heterocycles. The number of nitrogens with zero attached hydrogens (tertiary/aromatic N) is 1. The van der Waals surface area contributed by atoms with E-state index >= 15 is 0 Å². The van der Waals surface area contributed by atoms with Gasteiger partial charge in [-0.1, -0.05) is 13.8 Å². The molecule has 21 heavy (non-hydrogen) atoms. The summed E-state index contributed by atoms with van der Waals surface area (Å²) in [6, 6.07) is 1.52. The van der Waals surface area contributed by atoms with E-state index in [9.17, 15) is 4.79 Å². The van der Waals surface area contributed by atoms with E-state index < -0.39 is 5.60 Å². The molecule has 0 spiro atoms. The molecule has 0 aliphatic rings. The molecule has 0 atom stereocenters. The highest BCUT2D eigenvalue weighted by Crippen LogP contribution is 2.29. The van der Waals surface area contributed by atoms with Crippen LogP contribution in [0, 0.1) is 0 Å². The largest absolute Gasteiger partial charge is 0.383 e. The fourth-order valence-electron chi connectivity index (χ4n) is 2.34. The zero-order valence-corrected chi connectivity index (χ0v) is 13.5. The summed E-state index contributed by atoms with van der Waals surface area (Å²) in [5.41, 5.74) is 0.0570. The van der Waals surface area contributed by atoms with Gasteiger partial charge in [0.25, 0.3) is 5.56 Å². The lowest BCUT2D eigenvalue weighted by Gasteiger charge is -2.30. The average molecular weight is 297 g/mol. The summed E-state index contributed by atoms with van der Waals surface area (Å²) >= 11 is 0. The Morgan fingerprint density at radius 3 is 2.62 bits per heavy atom. The van der Waals surface area contributed by atoms with Crippen molar-refractivity contribution in [3.63, 3.8) is 0 Å². The molecule has 1 heterocycles. The Balaban J connectivity index is 2.96. The molecular formula is C15H27N3O3. The molecule has 0 aliphatic heterocycles. The minimum atomic E-state index is -0.517. The van der Waals surface area contributed by atoms with Crippen LogP contribution in [0.25, 0.3) is 0 Å². The van der Waals surface area contributed by atoms with E-state index in [0.29, 0.717) is 25.6 Å². The van der Waals surface area contributed by atoms with Gasteiger partial charge < -0.3 is 19.8 Å². The Bertz CT molecular complexity index is 469. The van der Waals surface area contributed by atoms with Gasteiger partial charge in [0, 0.05) is 32.9 Å². The molecule has 0 radical (unpaired) electrons. The van der Waals surface area contributed by atoms with E-state index in [2.05, 4.69) is 15.3 Å². The first-order valence-electron chi connectivity index (χ1n) is 7.56. The molecular weight excluding hydrogens is 270 g/mol. The fraction of sp³-hybridized carbons (Fsp3) is 0.733. The Morgan fingerprint density at radius 1 is 1.33 bits per heavy atom. The number of H-pyrrole nitrogens is 1. The van der Waals surface area contributed by atoms with Crippen LogP contribution in [0.2, 0.25) is 0 Å². The Morgan fingerprint density at radius 2 is 2.05 bits per heavy atom. The van der Waals surface area contributed by atoms with Gasteiger partial charge in [0.05, 0.1) is 12.3 Å². The first-order valence-corrected chi connectivity index (χ1v) is 7.56. The highest BCUT2D eigenvalue weighted by atomic mass is 16.5. The van der Waals surface area contributed by atoms with Gasteiger partial charge in [0.15, 0.2) is 0 Å². The fourth-order valence-corrected chi connectivity index (χ4v) is 2.34. The summed E-state index contributed by atoms with van der Waals surface area (Å²) in [6.07, 6.45) is 1.53. The van der Waals surface area contributed by atoms with Gasteiger partial charge in [0.2, 0.25) is 0 Å². The van der Waals surface area contributed by atoms with Gasteiger partial charge in [-0.15, -0.1) is 0 Å². The number of aromatic nitrogens is 2. The van der Waals surface area contributed by atoms with Crippen molar-refractivity contribution in [1.82, 2.24) is 15.3 Å². The second-order valence-electron chi connectivity index (χ2n) is 4.89. The molecule has 0 aromatic carbocycles. The molecule has 2 N–H and O–H groups in total. The van der Waals surface area contributed by atoms with Crippen LogP contribution in [0.5, 0.6) is 0 Å². The summed E-state index contributed by atoms with van der Waals surface area (Å²) in [5.74, 6) is 0.616. The van der Waals surface area contributed by atoms with Gasteiger partial charge in [-0.25, -0.2) is 4.98 Å². The Kier molecular flexibility index (Phi) is 7.56. The quantitative estimate of drug-likeness (QED) is 0.641. The van der Waals surface area contributed by atoms with Crippen LogP contribution in [-0.4, -0.2) is 36.8 Å². The SMILES string of the molecule is CCOC(CC)(CC)c1nc(CNCCOC)cc(=O)[nH]1. The molecule has 0 saturated carbocycles. The zero-order chi connectivity index (χ0) is 15.7. The van der Waals surface area contributed by atoms with E-state index in [-0.39, 0.29) is 5.56 Å². The Labute approximate surface area is 126 Å². The molecule has 0 amide bonds. The molecule has 0 fully saturated rings. The van der Waals surface area contributed by atoms with Gasteiger partial charge in [-0.05, 0) is 19.8 Å². The number of nitrogens with one attached hydrogen (secondary N) is 2. The third kappa shape index (κ3) is 4.91. The van der Waals surface area contributed by atoms with Crippen LogP contribution in [-0.2, 0) is 21.6 Å². The summed E-state index contributed by atoms with van der Waals surface area (Å²) in [5, 5.41) is 3.20. The minimum absolute atomic E-state index is 0.144. The predicted octanol–water partition coefficient (Wildman–Crippen LogP) is 1.56. The lowest BCUT2D eigenvalue weighted by molar-refractivity contribution is -0.0574. The molecule has 1 aromatic rings. The van der Waals surface area contributed by atoms with Crippen LogP contribution >= 0.6 is 0 Å². The average Bonchev–Trinajstić information content (AvgIpc) is 2.49. The first kappa shape index (κ1) is 17.8. The molecule has 0 aliphatic carbocycles. The molecule has 0 saturated heterocycles. The van der Waals surface area contributed by atoms with Crippen LogP contribution in [0.1, 0.15) is 45.1 Å². The summed E-state index contributed by atoms with van der Waals surface area (Å²) < 4.78 is 10.9. The maximum atomic E-state index is 11.9. The normalized spacial score (nSPS) is 11.8. The van der Waals surface area contributed by atoms with Gasteiger partial charge in [-0.3, -0.25) is 4.79 Å². The smallest absolute Gasteiger partial charge is 0.251 e. The summed E-state index contributed by atoms with van der Waals surface area (Å²) in [6.45, 7) is 8.51. The second-order valence-corrected chi connectivity index (χ2v) is 4.89. The number of ether oxygens (including phenoxy) is 2. The molecule has 0 bridgehead atoms. The van der Waals surface area contributed by atoms with Gasteiger partial charge in [-0.2, -0.15) is 0 Å². The molecule has 6 heteroatoms. The molecule has 6 nitrogen and oxygen atoms in total. The highest BCUT2D eigenvalue weighted by molar-refractivity contribution is 5.09. The van der Waals surface area contributed by atoms with Crippen LogP contribution in [0.15, 0.2) is 10.9 Å². The molecule has 1 rings (SSSR count). The van der Waals surface area contributed by atoms with Crippen molar-refractivity contribution in [1.29, 1.82) is 0 Å². The number of aromatic amines is 1. The van der Waals surface area contributed by atoms with Crippen LogP contribution in [0.3, 0.4) is 0 Å². The van der Waals surface area contributed by atoms with E-state index in [1.807, 2.05) is 20.8 Å². The standard InChI is InChI=1S/C15H27N3O3/c1-5-15(6-2,21-7-3)14-17-12(10-13(19)18-14)11-16-8-9-20-4/h10,16H,5-9,11H2,1-4H3,(H,17,18,19). The highest BCUT2D eigenvalue weighted by Gasteiger charge is 2.32. The topological polar surface area (TPSA) is 76.2 Å². The van der Waals surface area contributed by atoms with Crippen molar-refractivity contribution in [3.05, 3.63) is 27.9 Å². The van der Waals surface area contributed by atoms with Crippen molar-refractivity contribution in [2.75, 3.05) is 26.9 Å². The van der Waals surface area contributed by atoms with Crippen molar-refractivity contribution in [2.45, 2.75) is 45.8 Å². The van der Waals surface area contributed by atoms with Crippen molar-refractivity contribution < 1.29 is 9.47 Å². The van der Waals surface area contributed by atoms with Crippen molar-refractivity contribution >= 4 is 0 Å². The first-order chi connectivity index (χ1) is 10.1.